The first-order valence-corrected chi connectivity index (χ1v) is 11.5. The summed E-state index contributed by atoms with van der Waals surface area (Å²) in [4.78, 5) is 8.06. The molecule has 2 N–H and O–H groups in total. The normalized spacial score (nSPS) is 11.9. The number of H-pyrrole nitrogens is 1. The number of nitrogens with one attached hydrogen (secondary N) is 2. The van der Waals surface area contributed by atoms with Crippen LogP contribution in [0.4, 0.5) is 10.1 Å². The van der Waals surface area contributed by atoms with Gasteiger partial charge in [-0.2, -0.15) is 0 Å². The number of hydrogen-bond acceptors (Lipinski definition) is 3. The number of imidazole rings is 1. The molecular weight excluding hydrogens is 437 g/mol. The second-order valence-electron chi connectivity index (χ2n) is 7.45. The number of fused-ring (bicyclic) bond motifs is 1. The Morgan fingerprint density at radius 1 is 0.879 bits per heavy atom. The van der Waals surface area contributed by atoms with Crippen LogP contribution in [0.15, 0.2) is 102 Å². The van der Waals surface area contributed by atoms with E-state index in [1.165, 1.54) is 12.1 Å². The fraction of sp³-hybridized carbons (Fsp3) is 0.0385. The van der Waals surface area contributed by atoms with Gasteiger partial charge >= 0.3 is 0 Å². The van der Waals surface area contributed by atoms with Crippen molar-refractivity contribution in [3.63, 3.8) is 0 Å². The molecule has 0 aliphatic rings. The van der Waals surface area contributed by atoms with Crippen molar-refractivity contribution in [2.75, 3.05) is 4.72 Å². The summed E-state index contributed by atoms with van der Waals surface area (Å²) in [7, 11) is -1.70. The third-order valence-electron chi connectivity index (χ3n) is 5.05. The van der Waals surface area contributed by atoms with Crippen LogP contribution in [-0.2, 0) is 17.4 Å². The van der Waals surface area contributed by atoms with Gasteiger partial charge in [0.05, 0.1) is 15.9 Å². The van der Waals surface area contributed by atoms with Crippen molar-refractivity contribution < 1.29 is 13.3 Å². The van der Waals surface area contributed by atoms with E-state index < -0.39 is 16.8 Å². The van der Waals surface area contributed by atoms with Crippen LogP contribution in [0.2, 0.25) is 0 Å². The Labute approximate surface area is 192 Å². The Morgan fingerprint density at radius 3 is 2.39 bits per heavy atom. The van der Waals surface area contributed by atoms with E-state index in [4.69, 9.17) is 4.74 Å². The number of para-hydroxylation sites is 1. The zero-order valence-electron chi connectivity index (χ0n) is 17.5. The molecule has 5 aromatic rings. The van der Waals surface area contributed by atoms with Crippen molar-refractivity contribution in [3.8, 4) is 11.5 Å². The molecule has 1 aromatic heterocycles. The summed E-state index contributed by atoms with van der Waals surface area (Å²) in [5.41, 5.74) is 3.32. The first kappa shape index (κ1) is 20.9. The zero-order valence-corrected chi connectivity index (χ0v) is 18.3. The Morgan fingerprint density at radius 2 is 1.61 bits per heavy atom. The number of aromatic nitrogens is 2. The predicted octanol–water partition coefficient (Wildman–Crippen LogP) is 6.22. The first-order valence-electron chi connectivity index (χ1n) is 10.4. The summed E-state index contributed by atoms with van der Waals surface area (Å²) < 4.78 is 35.1. The highest BCUT2D eigenvalue weighted by molar-refractivity contribution is 7.86. The maximum atomic E-state index is 13.9. The van der Waals surface area contributed by atoms with Crippen molar-refractivity contribution in [2.45, 2.75) is 11.3 Å². The second-order valence-corrected chi connectivity index (χ2v) is 8.63. The van der Waals surface area contributed by atoms with Gasteiger partial charge in [-0.15, -0.1) is 0 Å². The first-order chi connectivity index (χ1) is 16.1. The molecule has 164 valence electrons. The maximum absolute atomic E-state index is 13.9. The molecular formula is C26H20FN3O2S. The SMILES string of the molecule is O=S(Nc1ccc2nc(Cc3ccc(Oc4ccccc4)cc3)[nH]c2c1)c1ccccc1F. The molecule has 5 nitrogen and oxygen atoms in total. The number of nitrogens with zero attached hydrogens (tertiary/aromatic N) is 1. The topological polar surface area (TPSA) is 67.0 Å². The predicted molar refractivity (Wildman–Crippen MR) is 128 cm³/mol. The minimum absolute atomic E-state index is 0.114. The van der Waals surface area contributed by atoms with Gasteiger partial charge in [0.2, 0.25) is 0 Å². The minimum Gasteiger partial charge on any atom is -0.457 e. The van der Waals surface area contributed by atoms with Gasteiger partial charge < -0.3 is 14.4 Å². The van der Waals surface area contributed by atoms with Gasteiger partial charge in [0, 0.05) is 12.1 Å². The Hall–Kier alpha value is -3.97. The number of halogens is 1. The summed E-state index contributed by atoms with van der Waals surface area (Å²) in [5, 5.41) is 0. The van der Waals surface area contributed by atoms with Crippen LogP contribution in [0.5, 0.6) is 11.5 Å². The van der Waals surface area contributed by atoms with Gasteiger partial charge in [-0.05, 0) is 60.2 Å². The van der Waals surface area contributed by atoms with E-state index in [1.807, 2.05) is 66.7 Å². The van der Waals surface area contributed by atoms with Crippen LogP contribution < -0.4 is 9.46 Å². The van der Waals surface area contributed by atoms with Gasteiger partial charge in [0.25, 0.3) is 0 Å². The highest BCUT2D eigenvalue weighted by atomic mass is 32.2. The lowest BCUT2D eigenvalue weighted by molar-refractivity contribution is 0.482. The summed E-state index contributed by atoms with van der Waals surface area (Å²) >= 11 is 0. The minimum atomic E-state index is -1.70. The standard InChI is InChI=1S/C26H20FN3O2S/c27-22-8-4-5-9-25(22)33(31)30-19-12-15-23-24(17-19)29-26(28-23)16-18-10-13-21(14-11-18)32-20-6-2-1-3-7-20/h1-15,17,30H,16H2,(H,28,29). The third kappa shape index (κ3) is 4.94. The van der Waals surface area contributed by atoms with Crippen LogP contribution in [0, 0.1) is 5.82 Å². The van der Waals surface area contributed by atoms with Crippen molar-refractivity contribution >= 4 is 27.7 Å². The molecule has 0 bridgehead atoms. The average molecular weight is 458 g/mol. The summed E-state index contributed by atoms with van der Waals surface area (Å²) in [6.45, 7) is 0. The van der Waals surface area contributed by atoms with Gasteiger partial charge in [-0.3, -0.25) is 0 Å². The molecule has 0 aliphatic heterocycles. The highest BCUT2D eigenvalue weighted by Gasteiger charge is 2.11. The lowest BCUT2D eigenvalue weighted by Gasteiger charge is -2.06. The summed E-state index contributed by atoms with van der Waals surface area (Å²) in [5.74, 6) is 1.87. The molecule has 0 spiro atoms. The van der Waals surface area contributed by atoms with Crippen molar-refractivity contribution in [1.82, 2.24) is 9.97 Å². The van der Waals surface area contributed by atoms with E-state index in [1.54, 1.807) is 18.2 Å². The maximum Gasteiger partial charge on any atom is 0.153 e. The molecule has 0 aliphatic carbocycles. The fourth-order valence-electron chi connectivity index (χ4n) is 3.46. The van der Waals surface area contributed by atoms with Crippen LogP contribution >= 0.6 is 0 Å². The quantitative estimate of drug-likeness (QED) is 0.305. The molecule has 0 saturated carbocycles. The van der Waals surface area contributed by atoms with Crippen LogP contribution in [0.1, 0.15) is 11.4 Å². The molecule has 0 amide bonds. The van der Waals surface area contributed by atoms with Crippen molar-refractivity contribution in [3.05, 3.63) is 114 Å². The molecule has 1 atom stereocenters. The Kier molecular flexibility index (Phi) is 5.87. The molecule has 0 saturated heterocycles. The summed E-state index contributed by atoms with van der Waals surface area (Å²) in [6, 6.07) is 29.0. The highest BCUT2D eigenvalue weighted by Crippen LogP contribution is 2.23. The number of anilines is 1. The molecule has 1 unspecified atom stereocenters. The average Bonchev–Trinajstić information content (AvgIpc) is 3.23. The number of ether oxygens (including phenoxy) is 1. The number of benzene rings is 4. The van der Waals surface area contributed by atoms with E-state index in [0.29, 0.717) is 12.1 Å². The van der Waals surface area contributed by atoms with Crippen LogP contribution in [0.25, 0.3) is 11.0 Å². The molecule has 0 fully saturated rings. The molecule has 1 heterocycles. The summed E-state index contributed by atoms with van der Waals surface area (Å²) in [6.07, 6.45) is 0.629. The fourth-order valence-corrected chi connectivity index (χ4v) is 4.36. The van der Waals surface area contributed by atoms with E-state index in [9.17, 15) is 8.60 Å². The van der Waals surface area contributed by atoms with Gasteiger partial charge in [0.15, 0.2) is 11.0 Å². The monoisotopic (exact) mass is 457 g/mol. The lowest BCUT2D eigenvalue weighted by Crippen LogP contribution is -2.06. The molecule has 33 heavy (non-hydrogen) atoms. The molecule has 5 rings (SSSR count). The van der Waals surface area contributed by atoms with Crippen LogP contribution in [-0.4, -0.2) is 14.2 Å². The van der Waals surface area contributed by atoms with Gasteiger partial charge in [0.1, 0.15) is 23.1 Å². The van der Waals surface area contributed by atoms with E-state index in [-0.39, 0.29) is 4.90 Å². The van der Waals surface area contributed by atoms with E-state index in [2.05, 4.69) is 14.7 Å². The zero-order chi connectivity index (χ0) is 22.6. The Bertz CT molecular complexity index is 1420. The molecule has 0 radical (unpaired) electrons. The van der Waals surface area contributed by atoms with E-state index >= 15 is 0 Å². The van der Waals surface area contributed by atoms with Crippen molar-refractivity contribution in [2.24, 2.45) is 0 Å². The molecule has 7 heteroatoms. The van der Waals surface area contributed by atoms with E-state index in [0.717, 1.165) is 33.9 Å². The lowest BCUT2D eigenvalue weighted by atomic mass is 10.1. The molecule has 4 aromatic carbocycles. The van der Waals surface area contributed by atoms with Crippen LogP contribution in [0.3, 0.4) is 0 Å². The van der Waals surface area contributed by atoms with Gasteiger partial charge in [-0.1, -0.05) is 42.5 Å². The smallest absolute Gasteiger partial charge is 0.153 e. The largest absolute Gasteiger partial charge is 0.457 e. The van der Waals surface area contributed by atoms with Crippen molar-refractivity contribution in [1.29, 1.82) is 0 Å². The Balaban J connectivity index is 1.28. The number of rotatable bonds is 7. The second kappa shape index (κ2) is 9.26. The number of aromatic amines is 1. The van der Waals surface area contributed by atoms with Gasteiger partial charge in [-0.25, -0.2) is 13.6 Å². The number of hydrogen-bond donors (Lipinski definition) is 2. The third-order valence-corrected chi connectivity index (χ3v) is 6.20.